The van der Waals surface area contributed by atoms with Gasteiger partial charge in [-0.15, -0.1) is 11.3 Å². The maximum absolute atomic E-state index is 12.4. The summed E-state index contributed by atoms with van der Waals surface area (Å²) in [5, 5.41) is 13.4. The number of anilines is 1. The third-order valence-corrected chi connectivity index (χ3v) is 11.6. The molecule has 10 heteroatoms. The second-order valence-corrected chi connectivity index (χ2v) is 15.2. The van der Waals surface area contributed by atoms with E-state index in [9.17, 15) is 14.9 Å². The molecule has 0 N–H and O–H groups in total. The molecule has 1 aliphatic heterocycles. The number of hydrogen-bond acceptors (Lipinski definition) is 8. The summed E-state index contributed by atoms with van der Waals surface area (Å²) in [6, 6.07) is 5.94. The zero-order valence-electron chi connectivity index (χ0n) is 19.3. The van der Waals surface area contributed by atoms with Crippen LogP contribution in [0.25, 0.3) is 0 Å². The monoisotopic (exact) mass is 477 g/mol. The highest BCUT2D eigenvalue weighted by atomic mass is 32.1. The van der Waals surface area contributed by atoms with Crippen LogP contribution >= 0.6 is 11.3 Å². The van der Waals surface area contributed by atoms with E-state index in [0.29, 0.717) is 5.56 Å². The maximum atomic E-state index is 12.4. The number of benzene rings is 1. The predicted octanol–water partition coefficient (Wildman–Crippen LogP) is 5.40. The van der Waals surface area contributed by atoms with Crippen LogP contribution in [-0.2, 0) is 15.8 Å². The summed E-state index contributed by atoms with van der Waals surface area (Å²) in [5.74, 6) is -0.498. The topological polar surface area (TPSA) is 94.8 Å². The van der Waals surface area contributed by atoms with Gasteiger partial charge < -0.3 is 14.1 Å². The minimum absolute atomic E-state index is 0.00250. The van der Waals surface area contributed by atoms with Gasteiger partial charge in [0, 0.05) is 36.7 Å². The van der Waals surface area contributed by atoms with Crippen LogP contribution in [0.3, 0.4) is 0 Å². The van der Waals surface area contributed by atoms with Crippen LogP contribution < -0.4 is 4.90 Å². The molecular formula is C22H31N3O5SSi. The number of aromatic nitrogens is 1. The van der Waals surface area contributed by atoms with E-state index in [-0.39, 0.29) is 29.1 Å². The van der Waals surface area contributed by atoms with Crippen molar-refractivity contribution in [1.29, 1.82) is 0 Å². The third kappa shape index (κ3) is 5.93. The molecule has 0 radical (unpaired) electrons. The van der Waals surface area contributed by atoms with E-state index in [4.69, 9.17) is 9.16 Å². The fourth-order valence-corrected chi connectivity index (χ4v) is 5.47. The summed E-state index contributed by atoms with van der Waals surface area (Å²) in [7, 11) is -1.78. The molecule has 32 heavy (non-hydrogen) atoms. The molecule has 0 aliphatic carbocycles. The number of ether oxygens (including phenoxy) is 1. The number of piperidine rings is 1. The fraction of sp³-hybridized carbons (Fsp3) is 0.545. The molecule has 0 atom stereocenters. The molecule has 0 bridgehead atoms. The molecule has 174 valence electrons. The van der Waals surface area contributed by atoms with Crippen molar-refractivity contribution in [3.8, 4) is 0 Å². The van der Waals surface area contributed by atoms with Gasteiger partial charge in [0.1, 0.15) is 6.61 Å². The smallest absolute Gasteiger partial charge is 0.358 e. The Hall–Kier alpha value is -2.30. The van der Waals surface area contributed by atoms with Gasteiger partial charge in [0.25, 0.3) is 5.69 Å². The van der Waals surface area contributed by atoms with E-state index in [0.717, 1.165) is 31.1 Å². The number of nitro groups is 1. The Morgan fingerprint density at radius 3 is 2.44 bits per heavy atom. The number of nitrogens with zero attached hydrogens (tertiary/aromatic N) is 3. The van der Waals surface area contributed by atoms with Crippen LogP contribution in [0.4, 0.5) is 10.8 Å². The normalized spacial score (nSPS) is 15.6. The molecule has 0 saturated carbocycles. The summed E-state index contributed by atoms with van der Waals surface area (Å²) in [5.41, 5.74) is 0.970. The van der Waals surface area contributed by atoms with Crippen LogP contribution in [-0.4, -0.2) is 43.4 Å². The molecule has 3 rings (SSSR count). The molecule has 0 spiro atoms. The van der Waals surface area contributed by atoms with E-state index in [1.807, 2.05) is 0 Å². The van der Waals surface area contributed by atoms with Crippen molar-refractivity contribution in [2.75, 3.05) is 18.0 Å². The van der Waals surface area contributed by atoms with E-state index >= 15 is 0 Å². The Labute approximate surface area is 193 Å². The van der Waals surface area contributed by atoms with Crippen LogP contribution in [0.2, 0.25) is 18.1 Å². The molecule has 1 aromatic heterocycles. The van der Waals surface area contributed by atoms with Crippen LogP contribution in [0.15, 0.2) is 29.6 Å². The minimum atomic E-state index is -1.78. The average molecular weight is 478 g/mol. The first kappa shape index (κ1) is 24.3. The lowest BCUT2D eigenvalue weighted by Gasteiger charge is -2.41. The van der Waals surface area contributed by atoms with Crippen molar-refractivity contribution < 1.29 is 18.9 Å². The largest absolute Gasteiger partial charge is 0.456 e. The first-order chi connectivity index (χ1) is 15.0. The number of esters is 1. The van der Waals surface area contributed by atoms with E-state index in [2.05, 4.69) is 43.7 Å². The molecule has 1 saturated heterocycles. The van der Waals surface area contributed by atoms with Crippen LogP contribution in [0.5, 0.6) is 0 Å². The number of nitro benzene ring substituents is 1. The predicted molar refractivity (Wildman–Crippen MR) is 128 cm³/mol. The van der Waals surface area contributed by atoms with Gasteiger partial charge in [-0.3, -0.25) is 10.1 Å². The highest BCUT2D eigenvalue weighted by molar-refractivity contribution is 7.13. The summed E-state index contributed by atoms with van der Waals surface area (Å²) in [6.45, 7) is 13.1. The van der Waals surface area contributed by atoms with Gasteiger partial charge in [0.05, 0.1) is 4.92 Å². The number of carbonyl (C=O) groups excluding carboxylic acids is 1. The van der Waals surface area contributed by atoms with Crippen LogP contribution in [0, 0.1) is 10.1 Å². The maximum Gasteiger partial charge on any atom is 0.358 e. The van der Waals surface area contributed by atoms with Crippen LogP contribution in [0.1, 0.15) is 49.7 Å². The molecule has 2 heterocycles. The van der Waals surface area contributed by atoms with Gasteiger partial charge >= 0.3 is 5.97 Å². The molecule has 0 amide bonds. The molecule has 2 aromatic rings. The second-order valence-electron chi connectivity index (χ2n) is 9.58. The first-order valence-corrected chi connectivity index (χ1v) is 14.5. The Morgan fingerprint density at radius 2 is 1.88 bits per heavy atom. The van der Waals surface area contributed by atoms with E-state index in [1.54, 1.807) is 17.5 Å². The van der Waals surface area contributed by atoms with Crippen molar-refractivity contribution >= 4 is 36.4 Å². The molecular weight excluding hydrogens is 446 g/mol. The number of carbonyl (C=O) groups is 1. The number of non-ortho nitro benzene ring substituents is 1. The van der Waals surface area contributed by atoms with Gasteiger partial charge in [-0.1, -0.05) is 20.8 Å². The highest BCUT2D eigenvalue weighted by Crippen LogP contribution is 2.38. The number of thiazole rings is 1. The quantitative estimate of drug-likeness (QED) is 0.228. The zero-order valence-corrected chi connectivity index (χ0v) is 21.1. The summed E-state index contributed by atoms with van der Waals surface area (Å²) in [4.78, 5) is 29.3. The van der Waals surface area contributed by atoms with Gasteiger partial charge in [-0.05, 0) is 48.7 Å². The SMILES string of the molecule is CC(C)(C)[Si](C)(C)OC1CCN(c2nc(C(=O)OCc3ccc([N+](=O)[O-])cc3)cs2)CC1. The lowest BCUT2D eigenvalue weighted by molar-refractivity contribution is -0.384. The second kappa shape index (κ2) is 9.68. The summed E-state index contributed by atoms with van der Waals surface area (Å²) >= 11 is 1.44. The Bertz CT molecular complexity index is 947. The lowest BCUT2D eigenvalue weighted by Crippen LogP contribution is -2.47. The lowest BCUT2D eigenvalue weighted by atomic mass is 10.1. The van der Waals surface area contributed by atoms with Gasteiger partial charge in [-0.25, -0.2) is 9.78 Å². The van der Waals surface area contributed by atoms with E-state index in [1.165, 1.54) is 23.5 Å². The highest BCUT2D eigenvalue weighted by Gasteiger charge is 2.39. The Kier molecular flexibility index (Phi) is 7.36. The van der Waals surface area contributed by atoms with Crippen molar-refractivity contribution in [3.63, 3.8) is 0 Å². The Morgan fingerprint density at radius 1 is 1.25 bits per heavy atom. The van der Waals surface area contributed by atoms with Crippen molar-refractivity contribution in [3.05, 3.63) is 51.0 Å². The molecule has 1 fully saturated rings. The minimum Gasteiger partial charge on any atom is -0.456 e. The third-order valence-electron chi connectivity index (χ3n) is 6.20. The van der Waals surface area contributed by atoms with Gasteiger partial charge in [-0.2, -0.15) is 0 Å². The summed E-state index contributed by atoms with van der Waals surface area (Å²) in [6.07, 6.45) is 2.18. The molecule has 1 aromatic carbocycles. The van der Waals surface area contributed by atoms with E-state index < -0.39 is 19.2 Å². The summed E-state index contributed by atoms with van der Waals surface area (Å²) < 4.78 is 11.9. The number of hydrogen-bond donors (Lipinski definition) is 0. The van der Waals surface area contributed by atoms with Gasteiger partial charge in [0.2, 0.25) is 0 Å². The van der Waals surface area contributed by atoms with Crippen molar-refractivity contribution in [2.24, 2.45) is 0 Å². The zero-order chi connectivity index (χ0) is 23.5. The average Bonchev–Trinajstić information content (AvgIpc) is 3.22. The standard InChI is InChI=1S/C22H31N3O5SSi/c1-22(2,3)32(4,5)30-18-10-12-24(13-11-18)21-23-19(15-31-21)20(26)29-14-16-6-8-17(9-7-16)25(27)28/h6-9,15,18H,10-14H2,1-5H3. The Balaban J connectivity index is 1.50. The molecule has 0 unspecified atom stereocenters. The fourth-order valence-electron chi connectivity index (χ4n) is 3.20. The molecule has 8 nitrogen and oxygen atoms in total. The van der Waals surface area contributed by atoms with Crippen molar-refractivity contribution in [1.82, 2.24) is 4.98 Å². The van der Waals surface area contributed by atoms with Crippen molar-refractivity contribution in [2.45, 2.75) is 64.5 Å². The molecule has 1 aliphatic rings. The first-order valence-electron chi connectivity index (χ1n) is 10.7. The van der Waals surface area contributed by atoms with Gasteiger partial charge in [0.15, 0.2) is 19.1 Å². The number of rotatable bonds is 7.